The Balaban J connectivity index is 2.46. The van der Waals surface area contributed by atoms with Gasteiger partial charge < -0.3 is 15.7 Å². The van der Waals surface area contributed by atoms with Gasteiger partial charge in [0, 0.05) is 6.54 Å². The first-order chi connectivity index (χ1) is 10.1. The molecular weight excluding hydrogens is 295 g/mol. The maximum absolute atomic E-state index is 13.6. The fourth-order valence-electron chi connectivity index (χ4n) is 1.74. The van der Waals surface area contributed by atoms with Gasteiger partial charge in [-0.3, -0.25) is 0 Å². The molecule has 0 unspecified atom stereocenters. The SMILES string of the molecule is CSCCCCCNC(=O)Nc1c(F)cccc1C(=O)O. The molecule has 0 saturated carbocycles. The van der Waals surface area contributed by atoms with Crippen molar-refractivity contribution in [2.75, 3.05) is 23.9 Å². The van der Waals surface area contributed by atoms with Gasteiger partial charge >= 0.3 is 12.0 Å². The molecule has 0 aromatic heterocycles. The van der Waals surface area contributed by atoms with Gasteiger partial charge in [-0.25, -0.2) is 14.0 Å². The van der Waals surface area contributed by atoms with Gasteiger partial charge in [0.2, 0.25) is 0 Å². The number of carboxylic acids is 1. The normalized spacial score (nSPS) is 10.2. The highest BCUT2D eigenvalue weighted by Gasteiger charge is 2.16. The lowest BCUT2D eigenvalue weighted by Gasteiger charge is -2.10. The predicted octanol–water partition coefficient (Wildman–Crippen LogP) is 3.18. The van der Waals surface area contributed by atoms with Crippen molar-refractivity contribution >= 4 is 29.4 Å². The monoisotopic (exact) mass is 314 g/mol. The van der Waals surface area contributed by atoms with Gasteiger partial charge in [0.15, 0.2) is 0 Å². The molecule has 0 aliphatic heterocycles. The number of unbranched alkanes of at least 4 members (excludes halogenated alkanes) is 2. The lowest BCUT2D eigenvalue weighted by atomic mass is 10.1. The molecule has 0 heterocycles. The number of urea groups is 1. The number of benzene rings is 1. The molecule has 0 bridgehead atoms. The van der Waals surface area contributed by atoms with E-state index in [0.717, 1.165) is 31.1 Å². The minimum atomic E-state index is -1.29. The van der Waals surface area contributed by atoms with Crippen molar-refractivity contribution in [1.29, 1.82) is 0 Å². The summed E-state index contributed by atoms with van der Waals surface area (Å²) in [5.41, 5.74) is -0.588. The molecule has 116 valence electrons. The van der Waals surface area contributed by atoms with Crippen LogP contribution in [0, 0.1) is 5.82 Å². The number of rotatable bonds is 8. The maximum atomic E-state index is 13.6. The summed E-state index contributed by atoms with van der Waals surface area (Å²) in [6.07, 6.45) is 4.96. The third-order valence-corrected chi connectivity index (χ3v) is 3.49. The highest BCUT2D eigenvalue weighted by Crippen LogP contribution is 2.19. The van der Waals surface area contributed by atoms with Gasteiger partial charge in [0.1, 0.15) is 5.82 Å². The summed E-state index contributed by atoms with van der Waals surface area (Å²) >= 11 is 1.78. The molecular formula is C14H19FN2O3S. The predicted molar refractivity (Wildman–Crippen MR) is 82.6 cm³/mol. The second-order valence-corrected chi connectivity index (χ2v) is 5.39. The van der Waals surface area contributed by atoms with Crippen molar-refractivity contribution < 1.29 is 19.1 Å². The van der Waals surface area contributed by atoms with Gasteiger partial charge in [0.05, 0.1) is 11.3 Å². The van der Waals surface area contributed by atoms with Gasteiger partial charge in [-0.1, -0.05) is 12.5 Å². The zero-order chi connectivity index (χ0) is 15.7. The number of amides is 2. The van der Waals surface area contributed by atoms with E-state index in [4.69, 9.17) is 5.11 Å². The summed E-state index contributed by atoms with van der Waals surface area (Å²) in [5, 5.41) is 13.8. The molecule has 0 spiro atoms. The number of halogens is 1. The molecule has 1 rings (SSSR count). The fraction of sp³-hybridized carbons (Fsp3) is 0.429. The second-order valence-electron chi connectivity index (χ2n) is 4.40. The van der Waals surface area contributed by atoms with Crippen LogP contribution in [0.4, 0.5) is 14.9 Å². The van der Waals surface area contributed by atoms with E-state index in [0.29, 0.717) is 6.54 Å². The number of nitrogens with one attached hydrogen (secondary N) is 2. The summed E-state index contributed by atoms with van der Waals surface area (Å²) in [6.45, 7) is 0.469. The molecule has 0 radical (unpaired) electrons. The largest absolute Gasteiger partial charge is 0.478 e. The number of carboxylic acid groups (broad SMARTS) is 1. The van der Waals surface area contributed by atoms with Gasteiger partial charge in [-0.2, -0.15) is 11.8 Å². The Labute approximate surface area is 127 Å². The Morgan fingerprint density at radius 2 is 2.05 bits per heavy atom. The molecule has 5 nitrogen and oxygen atoms in total. The molecule has 1 aromatic carbocycles. The van der Waals surface area contributed by atoms with E-state index in [1.807, 2.05) is 6.26 Å². The molecule has 0 saturated heterocycles. The van der Waals surface area contributed by atoms with Crippen LogP contribution >= 0.6 is 11.8 Å². The fourth-order valence-corrected chi connectivity index (χ4v) is 2.23. The number of hydrogen-bond donors (Lipinski definition) is 3. The number of carbonyl (C=O) groups is 2. The van der Waals surface area contributed by atoms with Gasteiger partial charge in [-0.15, -0.1) is 0 Å². The quantitative estimate of drug-likeness (QED) is 0.644. The minimum Gasteiger partial charge on any atom is -0.478 e. The number of carbonyl (C=O) groups excluding carboxylic acids is 1. The van der Waals surface area contributed by atoms with Crippen LogP contribution in [-0.2, 0) is 0 Å². The van der Waals surface area contributed by atoms with Crippen LogP contribution in [0.5, 0.6) is 0 Å². The molecule has 0 fully saturated rings. The third kappa shape index (κ3) is 6.03. The summed E-state index contributed by atoms with van der Waals surface area (Å²) in [4.78, 5) is 22.6. The lowest BCUT2D eigenvalue weighted by Crippen LogP contribution is -2.30. The van der Waals surface area contributed by atoms with Crippen LogP contribution < -0.4 is 10.6 Å². The van der Waals surface area contributed by atoms with Crippen molar-refractivity contribution in [3.05, 3.63) is 29.6 Å². The van der Waals surface area contributed by atoms with E-state index < -0.39 is 17.8 Å². The van der Waals surface area contributed by atoms with Crippen LogP contribution in [0.1, 0.15) is 29.6 Å². The molecule has 2 amide bonds. The topological polar surface area (TPSA) is 78.4 Å². The van der Waals surface area contributed by atoms with Crippen molar-refractivity contribution in [3.63, 3.8) is 0 Å². The van der Waals surface area contributed by atoms with Crippen LogP contribution in [0.25, 0.3) is 0 Å². The second kappa shape index (κ2) is 9.23. The summed E-state index contributed by atoms with van der Waals surface area (Å²) < 4.78 is 13.6. The standard InChI is InChI=1S/C14H19FN2O3S/c1-21-9-4-2-3-8-16-14(20)17-12-10(13(18)19)6-5-7-11(12)15/h5-7H,2-4,8-9H2,1H3,(H,18,19)(H2,16,17,20). The minimum absolute atomic E-state index is 0.273. The number of thioether (sulfide) groups is 1. The molecule has 1 aromatic rings. The maximum Gasteiger partial charge on any atom is 0.337 e. The average molecular weight is 314 g/mol. The van der Waals surface area contributed by atoms with E-state index in [1.54, 1.807) is 11.8 Å². The van der Waals surface area contributed by atoms with Crippen LogP contribution in [0.2, 0.25) is 0 Å². The average Bonchev–Trinajstić information content (AvgIpc) is 2.44. The molecule has 21 heavy (non-hydrogen) atoms. The summed E-state index contributed by atoms with van der Waals surface area (Å²) in [7, 11) is 0. The summed E-state index contributed by atoms with van der Waals surface area (Å²) in [5.74, 6) is -0.976. The molecule has 0 atom stereocenters. The van der Waals surface area contributed by atoms with E-state index in [2.05, 4.69) is 10.6 Å². The number of anilines is 1. The first kappa shape index (κ1) is 17.3. The van der Waals surface area contributed by atoms with Crippen LogP contribution in [0.15, 0.2) is 18.2 Å². The van der Waals surface area contributed by atoms with E-state index in [-0.39, 0.29) is 11.3 Å². The first-order valence-corrected chi connectivity index (χ1v) is 8.01. The Morgan fingerprint density at radius 1 is 1.29 bits per heavy atom. The summed E-state index contributed by atoms with van der Waals surface area (Å²) in [6, 6.07) is 3.02. The Bertz CT molecular complexity index is 497. The zero-order valence-corrected chi connectivity index (χ0v) is 12.6. The van der Waals surface area contributed by atoms with Crippen molar-refractivity contribution in [2.24, 2.45) is 0 Å². The van der Waals surface area contributed by atoms with Crippen molar-refractivity contribution in [3.8, 4) is 0 Å². The molecule has 0 aliphatic carbocycles. The van der Waals surface area contributed by atoms with E-state index >= 15 is 0 Å². The van der Waals surface area contributed by atoms with E-state index in [9.17, 15) is 14.0 Å². The first-order valence-electron chi connectivity index (χ1n) is 6.62. The number of hydrogen-bond acceptors (Lipinski definition) is 3. The number of aromatic carboxylic acids is 1. The Hall–Kier alpha value is -1.76. The van der Waals surface area contributed by atoms with Crippen molar-refractivity contribution in [1.82, 2.24) is 5.32 Å². The third-order valence-electron chi connectivity index (χ3n) is 2.79. The molecule has 7 heteroatoms. The molecule has 3 N–H and O–H groups in total. The van der Waals surface area contributed by atoms with Crippen LogP contribution in [-0.4, -0.2) is 35.7 Å². The Morgan fingerprint density at radius 3 is 2.71 bits per heavy atom. The number of para-hydroxylation sites is 1. The van der Waals surface area contributed by atoms with Crippen molar-refractivity contribution in [2.45, 2.75) is 19.3 Å². The van der Waals surface area contributed by atoms with E-state index in [1.165, 1.54) is 12.1 Å². The van der Waals surface area contributed by atoms with Gasteiger partial charge in [0.25, 0.3) is 0 Å². The molecule has 0 aliphatic rings. The smallest absolute Gasteiger partial charge is 0.337 e. The van der Waals surface area contributed by atoms with Crippen LogP contribution in [0.3, 0.4) is 0 Å². The Kier molecular flexibility index (Phi) is 7.60. The zero-order valence-electron chi connectivity index (χ0n) is 11.8. The highest BCUT2D eigenvalue weighted by molar-refractivity contribution is 7.98. The highest BCUT2D eigenvalue weighted by atomic mass is 32.2. The lowest BCUT2D eigenvalue weighted by molar-refractivity contribution is 0.0697. The van der Waals surface area contributed by atoms with Gasteiger partial charge in [-0.05, 0) is 37.0 Å².